The molecule has 0 saturated carbocycles. The smallest absolute Gasteiger partial charge is 0.362 e. The third-order valence-corrected chi connectivity index (χ3v) is 3.13. The van der Waals surface area contributed by atoms with E-state index in [0.717, 1.165) is 11.3 Å². The van der Waals surface area contributed by atoms with Gasteiger partial charge in [0.2, 0.25) is 5.69 Å². The number of halogens is 1. The van der Waals surface area contributed by atoms with Gasteiger partial charge in [-0.1, -0.05) is 28.9 Å². The summed E-state index contributed by atoms with van der Waals surface area (Å²) < 4.78 is 11.8. The minimum Gasteiger partial charge on any atom is -0.497 e. The summed E-state index contributed by atoms with van der Waals surface area (Å²) in [6.07, 6.45) is 0. The van der Waals surface area contributed by atoms with E-state index in [0.29, 0.717) is 6.54 Å². The summed E-state index contributed by atoms with van der Waals surface area (Å²) in [4.78, 5) is 12.0. The molecular weight excluding hydrogens is 306 g/mol. The number of nitrogens with zero attached hydrogens (tertiary/aromatic N) is 3. The number of carbonyl (C=O) groups is 1. The molecule has 0 aliphatic carbocycles. The molecule has 0 spiro atoms. The second kappa shape index (κ2) is 6.36. The maximum atomic E-state index is 12.0. The number of esters is 1. The molecule has 0 saturated heterocycles. The summed E-state index contributed by atoms with van der Waals surface area (Å²) in [5, 5.41) is 7.88. The molecule has 0 atom stereocenters. The zero-order valence-electron chi connectivity index (χ0n) is 13.0. The fourth-order valence-corrected chi connectivity index (χ4v) is 1.97. The Labute approximate surface area is 134 Å². The molecule has 1 aromatic carbocycles. The first-order valence-corrected chi connectivity index (χ1v) is 7.13. The molecular formula is C15H18ClN3O3. The summed E-state index contributed by atoms with van der Waals surface area (Å²) >= 11 is 6.17. The molecule has 7 heteroatoms. The van der Waals surface area contributed by atoms with Crippen molar-refractivity contribution in [3.63, 3.8) is 0 Å². The van der Waals surface area contributed by atoms with Gasteiger partial charge >= 0.3 is 5.97 Å². The Balaban J connectivity index is 2.15. The van der Waals surface area contributed by atoms with E-state index < -0.39 is 11.6 Å². The van der Waals surface area contributed by atoms with Gasteiger partial charge in [-0.3, -0.25) is 0 Å². The Hall–Kier alpha value is -2.08. The minimum atomic E-state index is -0.611. The highest BCUT2D eigenvalue weighted by molar-refractivity contribution is 6.32. The van der Waals surface area contributed by atoms with E-state index in [2.05, 4.69) is 10.3 Å². The van der Waals surface area contributed by atoms with Crippen molar-refractivity contribution < 1.29 is 14.3 Å². The van der Waals surface area contributed by atoms with E-state index in [1.807, 2.05) is 24.3 Å². The summed E-state index contributed by atoms with van der Waals surface area (Å²) in [5.74, 6) is 0.182. The van der Waals surface area contributed by atoms with E-state index in [1.54, 1.807) is 27.9 Å². The lowest BCUT2D eigenvalue weighted by Gasteiger charge is -2.18. The Morgan fingerprint density at radius 1 is 1.27 bits per heavy atom. The van der Waals surface area contributed by atoms with Gasteiger partial charge in [-0.05, 0) is 38.5 Å². The number of methoxy groups -OCH3 is 1. The third-order valence-electron chi connectivity index (χ3n) is 2.76. The molecule has 0 amide bonds. The number of hydrogen-bond acceptors (Lipinski definition) is 5. The number of aromatic nitrogens is 3. The second-order valence-corrected chi connectivity index (χ2v) is 6.09. The summed E-state index contributed by atoms with van der Waals surface area (Å²) in [6, 6.07) is 7.47. The van der Waals surface area contributed by atoms with Crippen LogP contribution in [0.25, 0.3) is 0 Å². The predicted molar refractivity (Wildman–Crippen MR) is 82.3 cm³/mol. The van der Waals surface area contributed by atoms with Crippen LogP contribution in [0, 0.1) is 0 Å². The Morgan fingerprint density at radius 3 is 2.45 bits per heavy atom. The van der Waals surface area contributed by atoms with E-state index >= 15 is 0 Å². The molecule has 22 heavy (non-hydrogen) atoms. The average Bonchev–Trinajstić information content (AvgIpc) is 2.79. The SMILES string of the molecule is COc1ccc(Cn2nnc(C(=O)OC(C)(C)C)c2Cl)cc1. The Morgan fingerprint density at radius 2 is 1.91 bits per heavy atom. The van der Waals surface area contributed by atoms with Crippen LogP contribution < -0.4 is 4.74 Å². The third kappa shape index (κ3) is 3.98. The Bertz CT molecular complexity index is 660. The maximum absolute atomic E-state index is 12.0. The van der Waals surface area contributed by atoms with Gasteiger partial charge in [0.1, 0.15) is 11.4 Å². The van der Waals surface area contributed by atoms with Crippen molar-refractivity contribution in [2.75, 3.05) is 7.11 Å². The average molecular weight is 324 g/mol. The fraction of sp³-hybridized carbons (Fsp3) is 0.400. The summed E-state index contributed by atoms with van der Waals surface area (Å²) in [7, 11) is 1.61. The van der Waals surface area contributed by atoms with Crippen molar-refractivity contribution >= 4 is 17.6 Å². The van der Waals surface area contributed by atoms with Gasteiger partial charge in [-0.15, -0.1) is 5.10 Å². The summed E-state index contributed by atoms with van der Waals surface area (Å²) in [6.45, 7) is 5.74. The highest BCUT2D eigenvalue weighted by Crippen LogP contribution is 2.19. The zero-order valence-corrected chi connectivity index (χ0v) is 13.7. The van der Waals surface area contributed by atoms with Gasteiger partial charge in [-0.2, -0.15) is 0 Å². The van der Waals surface area contributed by atoms with E-state index in [1.165, 1.54) is 4.68 Å². The molecule has 118 valence electrons. The Kier molecular flexibility index (Phi) is 4.71. The van der Waals surface area contributed by atoms with Crippen LogP contribution >= 0.6 is 11.6 Å². The van der Waals surface area contributed by atoms with Crippen molar-refractivity contribution in [1.29, 1.82) is 0 Å². The van der Waals surface area contributed by atoms with Crippen LogP contribution in [0.2, 0.25) is 5.15 Å². The molecule has 1 aromatic heterocycles. The second-order valence-electron chi connectivity index (χ2n) is 5.74. The highest BCUT2D eigenvalue weighted by atomic mass is 35.5. The highest BCUT2D eigenvalue weighted by Gasteiger charge is 2.24. The number of ether oxygens (including phenoxy) is 2. The van der Waals surface area contributed by atoms with Crippen LogP contribution in [0.5, 0.6) is 5.75 Å². The normalized spacial score (nSPS) is 11.3. The topological polar surface area (TPSA) is 66.2 Å². The van der Waals surface area contributed by atoms with Crippen LogP contribution in [-0.2, 0) is 11.3 Å². The predicted octanol–water partition coefficient (Wildman–Crippen LogP) is 2.94. The van der Waals surface area contributed by atoms with Crippen LogP contribution in [0.1, 0.15) is 36.8 Å². The number of benzene rings is 1. The van der Waals surface area contributed by atoms with Crippen LogP contribution in [0.4, 0.5) is 0 Å². The van der Waals surface area contributed by atoms with Crippen molar-refractivity contribution in [3.8, 4) is 5.75 Å². The first-order valence-electron chi connectivity index (χ1n) is 6.75. The van der Waals surface area contributed by atoms with E-state index in [9.17, 15) is 4.79 Å². The lowest BCUT2D eigenvalue weighted by atomic mass is 10.2. The van der Waals surface area contributed by atoms with Crippen LogP contribution in [-0.4, -0.2) is 33.7 Å². The molecule has 2 rings (SSSR count). The molecule has 0 radical (unpaired) electrons. The van der Waals surface area contributed by atoms with Crippen molar-refractivity contribution in [1.82, 2.24) is 15.0 Å². The monoisotopic (exact) mass is 323 g/mol. The van der Waals surface area contributed by atoms with Gasteiger partial charge in [0.15, 0.2) is 5.15 Å². The molecule has 0 bridgehead atoms. The molecule has 0 unspecified atom stereocenters. The van der Waals surface area contributed by atoms with E-state index in [4.69, 9.17) is 21.1 Å². The van der Waals surface area contributed by atoms with Crippen molar-refractivity contribution in [2.45, 2.75) is 32.9 Å². The van der Waals surface area contributed by atoms with Crippen molar-refractivity contribution in [3.05, 3.63) is 40.7 Å². The van der Waals surface area contributed by atoms with E-state index in [-0.39, 0.29) is 10.8 Å². The zero-order chi connectivity index (χ0) is 16.3. The molecule has 0 N–H and O–H groups in total. The molecule has 0 aliphatic heterocycles. The molecule has 6 nitrogen and oxygen atoms in total. The quantitative estimate of drug-likeness (QED) is 0.809. The molecule has 1 heterocycles. The van der Waals surface area contributed by atoms with Gasteiger partial charge in [-0.25, -0.2) is 9.48 Å². The lowest BCUT2D eigenvalue weighted by Crippen LogP contribution is -2.24. The maximum Gasteiger partial charge on any atom is 0.362 e. The van der Waals surface area contributed by atoms with Gasteiger partial charge in [0.05, 0.1) is 13.7 Å². The number of carbonyl (C=O) groups excluding carboxylic acids is 1. The standard InChI is InChI=1S/C15H18ClN3O3/c1-15(2,3)22-14(20)12-13(16)19(18-17-12)9-10-5-7-11(21-4)8-6-10/h5-8H,9H2,1-4H3. The van der Waals surface area contributed by atoms with Crippen LogP contribution in [0.3, 0.4) is 0 Å². The first-order chi connectivity index (χ1) is 10.3. The molecule has 0 aliphatic rings. The molecule has 2 aromatic rings. The summed E-state index contributed by atoms with van der Waals surface area (Å²) in [5.41, 5.74) is 0.369. The number of hydrogen-bond donors (Lipinski definition) is 0. The van der Waals surface area contributed by atoms with Crippen LogP contribution in [0.15, 0.2) is 24.3 Å². The van der Waals surface area contributed by atoms with Crippen molar-refractivity contribution in [2.24, 2.45) is 0 Å². The fourth-order valence-electron chi connectivity index (χ4n) is 1.76. The first kappa shape index (κ1) is 16.3. The minimum absolute atomic E-state index is 0.0186. The van der Waals surface area contributed by atoms with Gasteiger partial charge in [0, 0.05) is 0 Å². The lowest BCUT2D eigenvalue weighted by molar-refractivity contribution is 0.00629. The largest absolute Gasteiger partial charge is 0.497 e. The number of rotatable bonds is 4. The van der Waals surface area contributed by atoms with Gasteiger partial charge < -0.3 is 9.47 Å². The molecule has 0 fully saturated rings. The van der Waals surface area contributed by atoms with Gasteiger partial charge in [0.25, 0.3) is 0 Å².